The zero-order chi connectivity index (χ0) is 12.5. The predicted octanol–water partition coefficient (Wildman–Crippen LogP) is 1.30. The lowest BCUT2D eigenvalue weighted by atomic mass is 9.97. The van der Waals surface area contributed by atoms with E-state index in [1.54, 1.807) is 0 Å². The molecule has 2 fully saturated rings. The van der Waals surface area contributed by atoms with Gasteiger partial charge in [0.25, 0.3) is 0 Å². The number of hydrogen-bond donors (Lipinski definition) is 1. The second-order valence-electron chi connectivity index (χ2n) is 5.51. The Hall–Kier alpha value is -1.06. The van der Waals surface area contributed by atoms with Crippen molar-refractivity contribution in [1.82, 2.24) is 10.2 Å². The summed E-state index contributed by atoms with van der Waals surface area (Å²) in [6.45, 7) is 5.17. The fourth-order valence-electron chi connectivity index (χ4n) is 2.31. The molecule has 1 aliphatic heterocycles. The molecule has 0 radical (unpaired) electrons. The molecule has 1 N–H and O–H groups in total. The highest BCUT2D eigenvalue weighted by atomic mass is 16.2. The first-order valence-electron chi connectivity index (χ1n) is 6.65. The number of hydrogen-bond acceptors (Lipinski definition) is 2. The normalized spacial score (nSPS) is 30.1. The average Bonchev–Trinajstić information content (AvgIpc) is 3.11. The van der Waals surface area contributed by atoms with E-state index in [1.807, 2.05) is 18.7 Å². The van der Waals surface area contributed by atoms with E-state index in [9.17, 15) is 9.59 Å². The molecule has 1 unspecified atom stereocenters. The molecule has 2 amide bonds. The topological polar surface area (TPSA) is 49.4 Å². The van der Waals surface area contributed by atoms with E-state index in [0.29, 0.717) is 19.4 Å². The monoisotopic (exact) mass is 238 g/mol. The van der Waals surface area contributed by atoms with Gasteiger partial charge in [0, 0.05) is 19.5 Å². The predicted molar refractivity (Wildman–Crippen MR) is 65.4 cm³/mol. The molecule has 17 heavy (non-hydrogen) atoms. The SMILES string of the molecule is CCC1(C)NC(=O)CCN(CCC2CC2)C1=O. The lowest BCUT2D eigenvalue weighted by Gasteiger charge is -2.31. The summed E-state index contributed by atoms with van der Waals surface area (Å²) in [6, 6.07) is 0. The van der Waals surface area contributed by atoms with Gasteiger partial charge in [0.1, 0.15) is 5.54 Å². The van der Waals surface area contributed by atoms with Crippen LogP contribution in [0.25, 0.3) is 0 Å². The van der Waals surface area contributed by atoms with E-state index in [1.165, 1.54) is 12.8 Å². The second kappa shape index (κ2) is 4.67. The Balaban J connectivity index is 2.03. The molecule has 96 valence electrons. The van der Waals surface area contributed by atoms with Gasteiger partial charge in [-0.2, -0.15) is 0 Å². The Labute approximate surface area is 103 Å². The molecule has 4 nitrogen and oxygen atoms in total. The van der Waals surface area contributed by atoms with Gasteiger partial charge in [0.2, 0.25) is 11.8 Å². The Kier molecular flexibility index (Phi) is 3.40. The van der Waals surface area contributed by atoms with Crippen molar-refractivity contribution >= 4 is 11.8 Å². The van der Waals surface area contributed by atoms with Gasteiger partial charge in [0.15, 0.2) is 0 Å². The van der Waals surface area contributed by atoms with Crippen LogP contribution in [0.2, 0.25) is 0 Å². The fraction of sp³-hybridized carbons (Fsp3) is 0.846. The fourth-order valence-corrected chi connectivity index (χ4v) is 2.31. The minimum Gasteiger partial charge on any atom is -0.342 e. The molecule has 4 heteroatoms. The van der Waals surface area contributed by atoms with Crippen LogP contribution in [0.4, 0.5) is 0 Å². The number of amides is 2. The number of rotatable bonds is 4. The van der Waals surface area contributed by atoms with Gasteiger partial charge in [-0.15, -0.1) is 0 Å². The van der Waals surface area contributed by atoms with Crippen molar-refractivity contribution in [3.8, 4) is 0 Å². The van der Waals surface area contributed by atoms with Crippen molar-refractivity contribution < 1.29 is 9.59 Å². The Bertz CT molecular complexity index is 325. The van der Waals surface area contributed by atoms with E-state index < -0.39 is 5.54 Å². The summed E-state index contributed by atoms with van der Waals surface area (Å²) in [5.74, 6) is 0.908. The van der Waals surface area contributed by atoms with Crippen molar-refractivity contribution in [1.29, 1.82) is 0 Å². The lowest BCUT2D eigenvalue weighted by molar-refractivity contribution is -0.138. The summed E-state index contributed by atoms with van der Waals surface area (Å²) >= 11 is 0. The van der Waals surface area contributed by atoms with Crippen LogP contribution in [0.15, 0.2) is 0 Å². The first-order valence-corrected chi connectivity index (χ1v) is 6.65. The molecule has 0 aromatic rings. The third-order valence-electron chi connectivity index (χ3n) is 3.99. The molecule has 2 aliphatic rings. The molecule has 0 bridgehead atoms. The van der Waals surface area contributed by atoms with Gasteiger partial charge in [-0.1, -0.05) is 19.8 Å². The molecular weight excluding hydrogens is 216 g/mol. The summed E-state index contributed by atoms with van der Waals surface area (Å²) in [7, 11) is 0. The standard InChI is InChI=1S/C13H22N2O2/c1-3-13(2)12(17)15(8-6-10-4-5-10)9-7-11(16)14-13/h10H,3-9H2,1-2H3,(H,14,16). The van der Waals surface area contributed by atoms with Crippen LogP contribution in [0, 0.1) is 5.92 Å². The first kappa shape index (κ1) is 12.4. The van der Waals surface area contributed by atoms with E-state index in [-0.39, 0.29) is 11.8 Å². The van der Waals surface area contributed by atoms with Crippen LogP contribution in [0.1, 0.15) is 46.0 Å². The molecule has 0 aromatic carbocycles. The number of nitrogens with zero attached hydrogens (tertiary/aromatic N) is 1. The Morgan fingerprint density at radius 1 is 1.41 bits per heavy atom. The summed E-state index contributed by atoms with van der Waals surface area (Å²) in [5.41, 5.74) is -0.697. The summed E-state index contributed by atoms with van der Waals surface area (Å²) in [5, 5.41) is 2.86. The number of nitrogens with one attached hydrogen (secondary N) is 1. The third-order valence-corrected chi connectivity index (χ3v) is 3.99. The Morgan fingerprint density at radius 2 is 2.12 bits per heavy atom. The molecular formula is C13H22N2O2. The lowest BCUT2D eigenvalue weighted by Crippen LogP contribution is -2.54. The molecule has 2 rings (SSSR count). The molecule has 0 spiro atoms. The van der Waals surface area contributed by atoms with Crippen molar-refractivity contribution in [2.75, 3.05) is 13.1 Å². The van der Waals surface area contributed by atoms with Crippen molar-refractivity contribution in [2.24, 2.45) is 5.92 Å². The van der Waals surface area contributed by atoms with Crippen LogP contribution in [0.3, 0.4) is 0 Å². The van der Waals surface area contributed by atoms with Crippen LogP contribution in [-0.2, 0) is 9.59 Å². The highest BCUT2D eigenvalue weighted by molar-refractivity contribution is 5.93. The minimum atomic E-state index is -0.697. The van der Waals surface area contributed by atoms with Gasteiger partial charge in [-0.05, 0) is 25.7 Å². The summed E-state index contributed by atoms with van der Waals surface area (Å²) < 4.78 is 0. The zero-order valence-corrected chi connectivity index (χ0v) is 10.8. The molecule has 0 aromatic heterocycles. The summed E-state index contributed by atoms with van der Waals surface area (Å²) in [6.07, 6.45) is 4.80. The van der Waals surface area contributed by atoms with Gasteiger partial charge < -0.3 is 10.2 Å². The van der Waals surface area contributed by atoms with E-state index in [0.717, 1.165) is 18.9 Å². The van der Waals surface area contributed by atoms with Gasteiger partial charge in [0.05, 0.1) is 0 Å². The maximum Gasteiger partial charge on any atom is 0.248 e. The highest BCUT2D eigenvalue weighted by Crippen LogP contribution is 2.32. The van der Waals surface area contributed by atoms with Gasteiger partial charge >= 0.3 is 0 Å². The molecule has 1 atom stereocenters. The quantitative estimate of drug-likeness (QED) is 0.802. The molecule has 1 heterocycles. The van der Waals surface area contributed by atoms with Crippen LogP contribution in [0.5, 0.6) is 0 Å². The van der Waals surface area contributed by atoms with Gasteiger partial charge in [-0.3, -0.25) is 9.59 Å². The van der Waals surface area contributed by atoms with Crippen molar-refractivity contribution in [3.05, 3.63) is 0 Å². The van der Waals surface area contributed by atoms with Crippen molar-refractivity contribution in [3.63, 3.8) is 0 Å². The highest BCUT2D eigenvalue weighted by Gasteiger charge is 2.39. The molecule has 1 saturated heterocycles. The second-order valence-corrected chi connectivity index (χ2v) is 5.51. The maximum atomic E-state index is 12.4. The Morgan fingerprint density at radius 3 is 2.71 bits per heavy atom. The third kappa shape index (κ3) is 2.79. The zero-order valence-electron chi connectivity index (χ0n) is 10.8. The summed E-state index contributed by atoms with van der Waals surface area (Å²) in [4.78, 5) is 25.9. The van der Waals surface area contributed by atoms with E-state index >= 15 is 0 Å². The smallest absolute Gasteiger partial charge is 0.248 e. The molecule has 1 aliphatic carbocycles. The number of carbonyl (C=O) groups excluding carboxylic acids is 2. The van der Waals surface area contributed by atoms with E-state index in [4.69, 9.17) is 0 Å². The minimum absolute atomic E-state index is 0.00313. The van der Waals surface area contributed by atoms with Crippen LogP contribution < -0.4 is 5.32 Å². The largest absolute Gasteiger partial charge is 0.342 e. The van der Waals surface area contributed by atoms with E-state index in [2.05, 4.69) is 5.32 Å². The number of carbonyl (C=O) groups is 2. The van der Waals surface area contributed by atoms with Crippen molar-refractivity contribution in [2.45, 2.75) is 51.5 Å². The molecule has 1 saturated carbocycles. The average molecular weight is 238 g/mol. The first-order chi connectivity index (χ1) is 8.05. The maximum absolute atomic E-state index is 12.4. The van der Waals surface area contributed by atoms with Gasteiger partial charge in [-0.25, -0.2) is 0 Å². The van der Waals surface area contributed by atoms with Crippen LogP contribution >= 0.6 is 0 Å². The van der Waals surface area contributed by atoms with Crippen LogP contribution in [-0.4, -0.2) is 35.3 Å².